The van der Waals surface area contributed by atoms with Crippen LogP contribution < -0.4 is 9.47 Å². The summed E-state index contributed by atoms with van der Waals surface area (Å²) in [6, 6.07) is 4.17. The maximum atomic E-state index is 12.7. The van der Waals surface area contributed by atoms with Gasteiger partial charge in [-0.05, 0) is 74.6 Å². The molecule has 2 saturated carbocycles. The van der Waals surface area contributed by atoms with E-state index in [9.17, 15) is 9.90 Å². The Hall–Kier alpha value is -1.85. The number of likely N-dealkylation sites (tertiary alicyclic amines) is 1. The molecule has 2 heterocycles. The third-order valence-electron chi connectivity index (χ3n) is 9.40. The van der Waals surface area contributed by atoms with Gasteiger partial charge in [-0.3, -0.25) is 9.69 Å². The van der Waals surface area contributed by atoms with Gasteiger partial charge in [-0.1, -0.05) is 45.3 Å². The zero-order chi connectivity index (χ0) is 23.5. The van der Waals surface area contributed by atoms with Gasteiger partial charge < -0.3 is 14.6 Å². The van der Waals surface area contributed by atoms with Crippen LogP contribution in [0, 0.1) is 5.92 Å². The first-order valence-corrected chi connectivity index (χ1v) is 13.7. The van der Waals surface area contributed by atoms with Gasteiger partial charge >= 0.3 is 5.97 Å². The van der Waals surface area contributed by atoms with Crippen molar-refractivity contribution in [1.29, 1.82) is 0 Å². The molecule has 4 atom stereocenters. The largest absolute Gasteiger partial charge is 0.481 e. The van der Waals surface area contributed by atoms with Crippen LogP contribution in [0.5, 0.6) is 11.5 Å². The van der Waals surface area contributed by atoms with Gasteiger partial charge in [0.25, 0.3) is 0 Å². The Morgan fingerprint density at radius 2 is 2.06 bits per heavy atom. The van der Waals surface area contributed by atoms with Gasteiger partial charge in [0.15, 0.2) is 11.5 Å². The van der Waals surface area contributed by atoms with Gasteiger partial charge in [0.2, 0.25) is 0 Å². The third kappa shape index (κ3) is 3.30. The molecule has 1 saturated heterocycles. The summed E-state index contributed by atoms with van der Waals surface area (Å²) in [6.45, 7) is 8.66. The summed E-state index contributed by atoms with van der Waals surface area (Å²) < 4.78 is 12.5. The molecule has 5 nitrogen and oxygen atoms in total. The molecule has 0 aromatic heterocycles. The molecule has 5 heteroatoms. The highest BCUT2D eigenvalue weighted by atomic mass is 16.6. The number of aliphatic hydroxyl groups is 1. The Labute approximate surface area is 203 Å². The highest BCUT2D eigenvalue weighted by Gasteiger charge is 2.72. The molecule has 5 aliphatic rings. The molecule has 34 heavy (non-hydrogen) atoms. The van der Waals surface area contributed by atoms with Gasteiger partial charge in [0.05, 0.1) is 11.0 Å². The molecule has 1 N–H and O–H groups in total. The lowest BCUT2D eigenvalue weighted by atomic mass is 9.48. The number of carbonyl (C=O) groups excluding carboxylic acids is 1. The highest BCUT2D eigenvalue weighted by Crippen LogP contribution is 2.66. The van der Waals surface area contributed by atoms with E-state index in [4.69, 9.17) is 9.47 Å². The molecule has 0 amide bonds. The van der Waals surface area contributed by atoms with Crippen molar-refractivity contribution in [1.82, 2.24) is 4.90 Å². The molecule has 2 bridgehead atoms. The minimum atomic E-state index is -0.827. The fourth-order valence-corrected chi connectivity index (χ4v) is 7.51. The number of ether oxygens (including phenoxy) is 2. The second-order valence-electron chi connectivity index (χ2n) is 11.5. The van der Waals surface area contributed by atoms with Crippen molar-refractivity contribution >= 4 is 5.97 Å². The van der Waals surface area contributed by atoms with E-state index in [1.165, 1.54) is 37.7 Å². The summed E-state index contributed by atoms with van der Waals surface area (Å²) in [5, 5.41) is 12.4. The van der Waals surface area contributed by atoms with Crippen LogP contribution in [-0.2, 0) is 16.6 Å². The van der Waals surface area contributed by atoms with E-state index in [-0.39, 0.29) is 18.1 Å². The Kier molecular flexibility index (Phi) is 5.57. The Balaban J connectivity index is 1.31. The lowest BCUT2D eigenvalue weighted by Gasteiger charge is -2.63. The molecule has 3 aliphatic carbocycles. The average molecular weight is 466 g/mol. The van der Waals surface area contributed by atoms with Crippen LogP contribution in [0.4, 0.5) is 0 Å². The van der Waals surface area contributed by atoms with E-state index < -0.39 is 11.0 Å². The van der Waals surface area contributed by atoms with Crippen LogP contribution in [0.1, 0.15) is 88.7 Å². The average Bonchev–Trinajstić information content (AvgIpc) is 3.56. The summed E-state index contributed by atoms with van der Waals surface area (Å²) in [6.07, 6.45) is 11.6. The second kappa shape index (κ2) is 8.37. The van der Waals surface area contributed by atoms with Crippen LogP contribution in [-0.4, -0.2) is 46.8 Å². The molecule has 1 aromatic rings. The molecular weight excluding hydrogens is 426 g/mol. The van der Waals surface area contributed by atoms with Gasteiger partial charge in [0, 0.05) is 24.6 Å². The monoisotopic (exact) mass is 465 g/mol. The molecule has 184 valence electrons. The predicted molar refractivity (Wildman–Crippen MR) is 131 cm³/mol. The number of rotatable bonds is 9. The number of hydrogen-bond acceptors (Lipinski definition) is 5. The first-order valence-electron chi connectivity index (χ1n) is 13.7. The topological polar surface area (TPSA) is 59.0 Å². The van der Waals surface area contributed by atoms with Crippen LogP contribution in [0.15, 0.2) is 24.3 Å². The van der Waals surface area contributed by atoms with E-state index in [0.717, 1.165) is 68.7 Å². The minimum Gasteiger partial charge on any atom is -0.481 e. The Bertz CT molecular complexity index is 1000. The lowest BCUT2D eigenvalue weighted by molar-refractivity contribution is -0.174. The molecule has 1 aromatic carbocycles. The van der Waals surface area contributed by atoms with Crippen molar-refractivity contribution in [2.75, 3.05) is 13.1 Å². The number of esters is 1. The number of hydrogen-bond donors (Lipinski definition) is 1. The smallest absolute Gasteiger partial charge is 0.311 e. The molecule has 1 spiro atoms. The van der Waals surface area contributed by atoms with Crippen LogP contribution in [0.3, 0.4) is 0 Å². The Morgan fingerprint density at radius 3 is 2.85 bits per heavy atom. The third-order valence-corrected chi connectivity index (χ3v) is 9.40. The van der Waals surface area contributed by atoms with E-state index in [0.29, 0.717) is 17.9 Å². The fourth-order valence-electron chi connectivity index (χ4n) is 7.51. The molecule has 0 radical (unpaired) electrons. The van der Waals surface area contributed by atoms with Crippen molar-refractivity contribution in [3.63, 3.8) is 0 Å². The summed E-state index contributed by atoms with van der Waals surface area (Å²) >= 11 is 0. The molecule has 2 aliphatic heterocycles. The number of benzene rings is 1. The summed E-state index contributed by atoms with van der Waals surface area (Å²) in [7, 11) is 0. The fraction of sp³-hybridized carbons (Fsp3) is 0.690. The predicted octanol–water partition coefficient (Wildman–Crippen LogP) is 5.07. The van der Waals surface area contributed by atoms with E-state index >= 15 is 0 Å². The summed E-state index contributed by atoms with van der Waals surface area (Å²) in [4.78, 5) is 15.2. The number of unbranched alkanes of at least 4 members (excludes halogenated alkanes) is 4. The number of piperidine rings is 1. The zero-order valence-corrected chi connectivity index (χ0v) is 20.6. The van der Waals surface area contributed by atoms with Crippen molar-refractivity contribution in [3.05, 3.63) is 35.4 Å². The molecule has 1 unspecified atom stereocenters. The maximum Gasteiger partial charge on any atom is 0.311 e. The molecular formula is C29H39NO4. The number of nitrogens with zero attached hydrogens (tertiary/aromatic N) is 1. The van der Waals surface area contributed by atoms with Gasteiger partial charge in [-0.2, -0.15) is 0 Å². The van der Waals surface area contributed by atoms with Gasteiger partial charge in [-0.15, -0.1) is 0 Å². The normalized spacial score (nSPS) is 33.4. The zero-order valence-electron chi connectivity index (χ0n) is 20.6. The van der Waals surface area contributed by atoms with Crippen molar-refractivity contribution in [2.24, 2.45) is 5.92 Å². The van der Waals surface area contributed by atoms with Crippen LogP contribution in [0.2, 0.25) is 0 Å². The Morgan fingerprint density at radius 1 is 1.24 bits per heavy atom. The van der Waals surface area contributed by atoms with E-state index in [1.807, 2.05) is 6.07 Å². The van der Waals surface area contributed by atoms with Crippen molar-refractivity contribution < 1.29 is 19.4 Å². The minimum absolute atomic E-state index is 0.121. The molecule has 3 fully saturated rings. The highest BCUT2D eigenvalue weighted by molar-refractivity contribution is 5.75. The van der Waals surface area contributed by atoms with Gasteiger partial charge in [-0.25, -0.2) is 0 Å². The quantitative estimate of drug-likeness (QED) is 0.239. The maximum absolute atomic E-state index is 12.7. The van der Waals surface area contributed by atoms with E-state index in [1.54, 1.807) is 0 Å². The first kappa shape index (κ1) is 22.6. The first-order chi connectivity index (χ1) is 16.5. The number of carbonyl (C=O) groups is 1. The van der Waals surface area contributed by atoms with E-state index in [2.05, 4.69) is 24.5 Å². The van der Waals surface area contributed by atoms with Crippen molar-refractivity contribution in [2.45, 2.75) is 107 Å². The van der Waals surface area contributed by atoms with Gasteiger partial charge in [0.1, 0.15) is 6.10 Å². The molecule has 6 rings (SSSR count). The second-order valence-corrected chi connectivity index (χ2v) is 11.5. The standard InChI is InChI=1S/C29H39NO4/c1-3-4-5-6-7-8-24(31)33-22-12-11-21-17-23-29(32)14-13-19(2)27-28(29,25(21)26(22)34-27)15-16-30(23)18-20-9-10-20/h11-12,20,23,27,32H,2-10,13-18H2,1H3/t23-,27?,28+,29-/m1/s1. The van der Waals surface area contributed by atoms with Crippen molar-refractivity contribution in [3.8, 4) is 11.5 Å². The summed E-state index contributed by atoms with van der Waals surface area (Å²) in [5.74, 6) is 1.82. The van der Waals surface area contributed by atoms with Crippen LogP contribution >= 0.6 is 0 Å². The SMILES string of the molecule is C=C1CC[C@@]2(O)[C@H]3Cc4ccc(OC(=O)CCCCCCC)c5c4[C@@]2(CCN3CC2CC2)C1O5. The lowest BCUT2D eigenvalue weighted by Crippen LogP contribution is -2.75. The van der Waals surface area contributed by atoms with Crippen LogP contribution in [0.25, 0.3) is 0 Å². The summed E-state index contributed by atoms with van der Waals surface area (Å²) in [5.41, 5.74) is 2.12.